The maximum atomic E-state index is 12.2. The van der Waals surface area contributed by atoms with E-state index in [1.807, 2.05) is 0 Å². The molecule has 2 aliphatic rings. The number of rotatable bonds is 4. The van der Waals surface area contributed by atoms with E-state index in [0.717, 1.165) is 6.42 Å². The topological polar surface area (TPSA) is 78.0 Å². The highest BCUT2D eigenvalue weighted by molar-refractivity contribution is 7.89. The monoisotopic (exact) mass is 317 g/mol. The van der Waals surface area contributed by atoms with Crippen molar-refractivity contribution in [3.63, 3.8) is 0 Å². The third-order valence-electron chi connectivity index (χ3n) is 4.04. The van der Waals surface area contributed by atoms with Crippen molar-refractivity contribution >= 4 is 21.8 Å². The SMILES string of the molecule is CC(C)S(=O)(=O)N1CCN(C(=O)CN2CCCC2=O)CC1. The molecule has 2 fully saturated rings. The molecule has 0 aromatic rings. The number of likely N-dealkylation sites (tertiary alicyclic amines) is 1. The van der Waals surface area contributed by atoms with Gasteiger partial charge in [0.15, 0.2) is 0 Å². The molecule has 0 unspecified atom stereocenters. The molecule has 0 aromatic carbocycles. The predicted octanol–water partition coefficient (Wildman–Crippen LogP) is -0.509. The van der Waals surface area contributed by atoms with Crippen LogP contribution in [0.1, 0.15) is 26.7 Å². The van der Waals surface area contributed by atoms with Gasteiger partial charge in [0, 0.05) is 39.1 Å². The fourth-order valence-electron chi connectivity index (χ4n) is 2.62. The summed E-state index contributed by atoms with van der Waals surface area (Å²) in [5.74, 6) is -0.0591. The molecule has 0 bridgehead atoms. The van der Waals surface area contributed by atoms with Crippen LogP contribution in [0.15, 0.2) is 0 Å². The van der Waals surface area contributed by atoms with Gasteiger partial charge in [0.1, 0.15) is 0 Å². The molecule has 0 N–H and O–H groups in total. The highest BCUT2D eigenvalue weighted by atomic mass is 32.2. The van der Waals surface area contributed by atoms with Gasteiger partial charge in [-0.25, -0.2) is 8.42 Å². The summed E-state index contributed by atoms with van der Waals surface area (Å²) in [6.07, 6.45) is 1.33. The molecule has 0 spiro atoms. The molecule has 8 heteroatoms. The van der Waals surface area contributed by atoms with Crippen LogP contribution in [0.4, 0.5) is 0 Å². The zero-order valence-electron chi connectivity index (χ0n) is 12.6. The van der Waals surface area contributed by atoms with Crippen LogP contribution in [-0.2, 0) is 19.6 Å². The van der Waals surface area contributed by atoms with E-state index in [1.165, 1.54) is 4.31 Å². The number of hydrogen-bond acceptors (Lipinski definition) is 4. The molecular formula is C13H23N3O4S. The first-order valence-corrected chi connectivity index (χ1v) is 8.87. The van der Waals surface area contributed by atoms with Crippen LogP contribution in [0, 0.1) is 0 Å². The number of carbonyl (C=O) groups is 2. The first-order valence-electron chi connectivity index (χ1n) is 7.37. The lowest BCUT2D eigenvalue weighted by molar-refractivity contribution is -0.139. The Morgan fingerprint density at radius 2 is 1.76 bits per heavy atom. The Morgan fingerprint density at radius 1 is 1.14 bits per heavy atom. The Bertz CT molecular complexity index is 510. The summed E-state index contributed by atoms with van der Waals surface area (Å²) in [5.41, 5.74) is 0. The van der Waals surface area contributed by atoms with Gasteiger partial charge in [0.2, 0.25) is 21.8 Å². The second-order valence-corrected chi connectivity index (χ2v) is 8.28. The molecule has 2 aliphatic heterocycles. The third kappa shape index (κ3) is 3.55. The van der Waals surface area contributed by atoms with E-state index in [1.54, 1.807) is 23.6 Å². The minimum absolute atomic E-state index is 0.0318. The maximum Gasteiger partial charge on any atom is 0.242 e. The van der Waals surface area contributed by atoms with Crippen molar-refractivity contribution in [2.75, 3.05) is 39.3 Å². The normalized spacial score (nSPS) is 21.4. The zero-order valence-corrected chi connectivity index (χ0v) is 13.4. The Hall–Kier alpha value is -1.15. The average molecular weight is 317 g/mol. The summed E-state index contributed by atoms with van der Waals surface area (Å²) in [5, 5.41) is -0.443. The lowest BCUT2D eigenvalue weighted by atomic mass is 10.3. The summed E-state index contributed by atoms with van der Waals surface area (Å²) >= 11 is 0. The summed E-state index contributed by atoms with van der Waals surface area (Å²) in [7, 11) is -3.25. The Labute approximate surface area is 125 Å². The molecular weight excluding hydrogens is 294 g/mol. The molecule has 0 atom stereocenters. The molecule has 0 saturated carbocycles. The molecule has 120 valence electrons. The molecule has 2 rings (SSSR count). The number of amides is 2. The van der Waals surface area contributed by atoms with Gasteiger partial charge < -0.3 is 9.80 Å². The van der Waals surface area contributed by atoms with Crippen molar-refractivity contribution in [1.82, 2.24) is 14.1 Å². The van der Waals surface area contributed by atoms with Gasteiger partial charge in [-0.2, -0.15) is 4.31 Å². The van der Waals surface area contributed by atoms with Gasteiger partial charge in [-0.15, -0.1) is 0 Å². The summed E-state index contributed by atoms with van der Waals surface area (Å²) in [6.45, 7) is 5.54. The van der Waals surface area contributed by atoms with Crippen LogP contribution in [0.25, 0.3) is 0 Å². The number of carbonyl (C=O) groups excluding carboxylic acids is 2. The van der Waals surface area contributed by atoms with Gasteiger partial charge >= 0.3 is 0 Å². The minimum Gasteiger partial charge on any atom is -0.339 e. The highest BCUT2D eigenvalue weighted by Gasteiger charge is 2.32. The van der Waals surface area contributed by atoms with E-state index in [0.29, 0.717) is 39.1 Å². The third-order valence-corrected chi connectivity index (χ3v) is 6.32. The van der Waals surface area contributed by atoms with Crippen LogP contribution in [0.3, 0.4) is 0 Å². The highest BCUT2D eigenvalue weighted by Crippen LogP contribution is 2.14. The molecule has 7 nitrogen and oxygen atoms in total. The summed E-state index contributed by atoms with van der Waals surface area (Å²) in [6, 6.07) is 0. The second-order valence-electron chi connectivity index (χ2n) is 5.79. The fourth-order valence-corrected chi connectivity index (χ4v) is 3.89. The summed E-state index contributed by atoms with van der Waals surface area (Å²) in [4.78, 5) is 26.9. The van der Waals surface area contributed by atoms with E-state index < -0.39 is 15.3 Å². The second kappa shape index (κ2) is 6.31. The molecule has 0 aromatic heterocycles. The van der Waals surface area contributed by atoms with Crippen LogP contribution in [0.5, 0.6) is 0 Å². The number of piperazine rings is 1. The van der Waals surface area contributed by atoms with Gasteiger partial charge in [-0.05, 0) is 20.3 Å². The van der Waals surface area contributed by atoms with Crippen molar-refractivity contribution in [2.24, 2.45) is 0 Å². The van der Waals surface area contributed by atoms with Crippen LogP contribution in [0.2, 0.25) is 0 Å². The van der Waals surface area contributed by atoms with Crippen molar-refractivity contribution in [1.29, 1.82) is 0 Å². The van der Waals surface area contributed by atoms with E-state index in [4.69, 9.17) is 0 Å². The molecule has 0 aliphatic carbocycles. The Morgan fingerprint density at radius 3 is 2.24 bits per heavy atom. The van der Waals surface area contributed by atoms with Crippen molar-refractivity contribution in [2.45, 2.75) is 31.9 Å². The number of nitrogens with zero attached hydrogens (tertiary/aromatic N) is 3. The van der Waals surface area contributed by atoms with Crippen LogP contribution >= 0.6 is 0 Å². The van der Waals surface area contributed by atoms with E-state index in [9.17, 15) is 18.0 Å². The first-order chi connectivity index (χ1) is 9.82. The quantitative estimate of drug-likeness (QED) is 0.700. The molecule has 21 heavy (non-hydrogen) atoms. The Balaban J connectivity index is 1.86. The Kier molecular flexibility index (Phi) is 4.88. The lowest BCUT2D eigenvalue weighted by Crippen LogP contribution is -2.53. The van der Waals surface area contributed by atoms with Gasteiger partial charge in [-0.3, -0.25) is 9.59 Å². The van der Waals surface area contributed by atoms with Crippen LogP contribution < -0.4 is 0 Å². The van der Waals surface area contributed by atoms with Crippen molar-refractivity contribution in [3.05, 3.63) is 0 Å². The van der Waals surface area contributed by atoms with Crippen molar-refractivity contribution < 1.29 is 18.0 Å². The number of hydrogen-bond donors (Lipinski definition) is 0. The molecule has 2 amide bonds. The van der Waals surface area contributed by atoms with E-state index >= 15 is 0 Å². The van der Waals surface area contributed by atoms with Crippen LogP contribution in [-0.4, -0.2) is 78.9 Å². The predicted molar refractivity (Wildman–Crippen MR) is 78.0 cm³/mol. The average Bonchev–Trinajstić information content (AvgIpc) is 2.84. The summed E-state index contributed by atoms with van der Waals surface area (Å²) < 4.78 is 25.6. The smallest absolute Gasteiger partial charge is 0.242 e. The molecule has 2 saturated heterocycles. The largest absolute Gasteiger partial charge is 0.339 e. The standard InChI is InChI=1S/C13H23N3O4S/c1-11(2)21(19,20)16-8-6-14(7-9-16)13(18)10-15-5-3-4-12(15)17/h11H,3-10H2,1-2H3. The molecule has 2 heterocycles. The zero-order chi connectivity index (χ0) is 15.6. The van der Waals surface area contributed by atoms with Gasteiger partial charge in [0.05, 0.1) is 11.8 Å². The van der Waals surface area contributed by atoms with Gasteiger partial charge in [0.25, 0.3) is 0 Å². The van der Waals surface area contributed by atoms with E-state index in [-0.39, 0.29) is 18.4 Å². The maximum absolute atomic E-state index is 12.2. The van der Waals surface area contributed by atoms with E-state index in [2.05, 4.69) is 0 Å². The number of sulfonamides is 1. The fraction of sp³-hybridized carbons (Fsp3) is 0.846. The molecule has 0 radical (unpaired) electrons. The van der Waals surface area contributed by atoms with Gasteiger partial charge in [-0.1, -0.05) is 0 Å². The first kappa shape index (κ1) is 16.2. The van der Waals surface area contributed by atoms with Crippen molar-refractivity contribution in [3.8, 4) is 0 Å². The lowest BCUT2D eigenvalue weighted by Gasteiger charge is -2.35. The minimum atomic E-state index is -3.25.